The predicted octanol–water partition coefficient (Wildman–Crippen LogP) is 14.6. The fraction of sp³-hybridized carbons (Fsp3) is 0. The Bertz CT molecular complexity index is 2810. The first kappa shape index (κ1) is 30.1. The van der Waals surface area contributed by atoms with E-state index in [0.29, 0.717) is 0 Å². The van der Waals surface area contributed by atoms with Crippen molar-refractivity contribution in [1.82, 2.24) is 0 Å². The van der Waals surface area contributed by atoms with Crippen LogP contribution in [0.4, 0.5) is 0 Å². The van der Waals surface area contributed by atoms with E-state index in [4.69, 9.17) is 0 Å². The van der Waals surface area contributed by atoms with Crippen LogP contribution >= 0.6 is 0 Å². The van der Waals surface area contributed by atoms with Crippen LogP contribution < -0.4 is 0 Å². The average Bonchev–Trinajstić information content (AvgIpc) is 3.23. The number of benzene rings is 10. The van der Waals surface area contributed by atoms with Gasteiger partial charge < -0.3 is 0 Å². The van der Waals surface area contributed by atoms with Gasteiger partial charge in [-0.25, -0.2) is 0 Å². The van der Waals surface area contributed by atoms with E-state index in [-0.39, 0.29) is 0 Å². The van der Waals surface area contributed by atoms with Crippen LogP contribution in [0.2, 0.25) is 0 Å². The third kappa shape index (κ3) is 4.92. The Morgan fingerprint density at radius 2 is 0.596 bits per heavy atom. The summed E-state index contributed by atoms with van der Waals surface area (Å²) in [5.41, 5.74) is 12.4. The molecule has 0 aliphatic heterocycles. The molecule has 0 heteroatoms. The Kier molecular flexibility index (Phi) is 7.25. The molecule has 0 radical (unpaired) electrons. The first-order chi connectivity index (χ1) is 25.8. The predicted molar refractivity (Wildman–Crippen MR) is 224 cm³/mol. The summed E-state index contributed by atoms with van der Waals surface area (Å²) in [5, 5.41) is 10.1. The van der Waals surface area contributed by atoms with Gasteiger partial charge in [-0.05, 0) is 98.7 Å². The van der Waals surface area contributed by atoms with Gasteiger partial charge in [-0.15, -0.1) is 0 Å². The second kappa shape index (κ2) is 12.5. The van der Waals surface area contributed by atoms with Crippen molar-refractivity contribution in [2.45, 2.75) is 0 Å². The van der Waals surface area contributed by atoms with Gasteiger partial charge in [0.1, 0.15) is 0 Å². The molecule has 10 rings (SSSR count). The first-order valence-corrected chi connectivity index (χ1v) is 18.0. The van der Waals surface area contributed by atoms with Crippen molar-refractivity contribution in [3.05, 3.63) is 206 Å². The smallest absolute Gasteiger partial charge is 0.00201 e. The zero-order valence-electron chi connectivity index (χ0n) is 28.6. The molecule has 0 saturated carbocycles. The van der Waals surface area contributed by atoms with Crippen molar-refractivity contribution in [3.8, 4) is 55.6 Å². The second-order valence-corrected chi connectivity index (χ2v) is 13.6. The Balaban J connectivity index is 1.23. The summed E-state index contributed by atoms with van der Waals surface area (Å²) in [7, 11) is 0. The molecule has 10 aromatic carbocycles. The molecule has 0 N–H and O–H groups in total. The third-order valence-corrected chi connectivity index (χ3v) is 10.7. The summed E-state index contributed by atoms with van der Waals surface area (Å²) in [6.07, 6.45) is 0. The highest BCUT2D eigenvalue weighted by molar-refractivity contribution is 6.25. The molecular weight excluding hydrogens is 625 g/mol. The summed E-state index contributed by atoms with van der Waals surface area (Å²) in [6, 6.07) is 75.5. The Morgan fingerprint density at radius 1 is 0.192 bits per heavy atom. The molecule has 0 saturated heterocycles. The molecule has 52 heavy (non-hydrogen) atoms. The van der Waals surface area contributed by atoms with Crippen LogP contribution in [0, 0.1) is 0 Å². The maximum absolute atomic E-state index is 2.35. The molecule has 0 spiro atoms. The molecule has 0 atom stereocenters. The maximum atomic E-state index is 2.35. The van der Waals surface area contributed by atoms with E-state index in [9.17, 15) is 0 Å². The van der Waals surface area contributed by atoms with Gasteiger partial charge in [0.15, 0.2) is 0 Å². The lowest BCUT2D eigenvalue weighted by atomic mass is 9.82. The van der Waals surface area contributed by atoms with Crippen molar-refractivity contribution >= 4 is 43.1 Å². The highest BCUT2D eigenvalue weighted by Crippen LogP contribution is 2.48. The lowest BCUT2D eigenvalue weighted by Crippen LogP contribution is -1.93. The van der Waals surface area contributed by atoms with E-state index in [1.165, 1.54) is 98.7 Å². The summed E-state index contributed by atoms with van der Waals surface area (Å²) in [6.45, 7) is 0. The van der Waals surface area contributed by atoms with Crippen molar-refractivity contribution in [2.24, 2.45) is 0 Å². The molecule has 0 aliphatic carbocycles. The highest BCUT2D eigenvalue weighted by Gasteiger charge is 2.20. The number of rotatable bonds is 5. The fourth-order valence-electron chi connectivity index (χ4n) is 8.36. The van der Waals surface area contributed by atoms with Crippen LogP contribution in [0.5, 0.6) is 0 Å². The average molecular weight is 659 g/mol. The molecule has 0 unspecified atom stereocenters. The third-order valence-electron chi connectivity index (χ3n) is 10.7. The number of hydrogen-bond donors (Lipinski definition) is 0. The normalized spacial score (nSPS) is 11.5. The summed E-state index contributed by atoms with van der Waals surface area (Å²) < 4.78 is 0. The van der Waals surface area contributed by atoms with Gasteiger partial charge in [-0.2, -0.15) is 0 Å². The lowest BCUT2D eigenvalue weighted by molar-refractivity contribution is 1.62. The summed E-state index contributed by atoms with van der Waals surface area (Å²) >= 11 is 0. The standard InChI is InChI=1S/C52H34/c1-3-15-36(16-4-1)42-27-14-28-48-49(34-33-43(51(42)48)37-17-5-2-6-18-37)52-46-24-11-9-22-44(46)50(45-23-10-12-25-47(45)52)39-31-29-38(30-32-39)41-26-13-20-35-19-7-8-21-40(35)41/h1-34H. The van der Waals surface area contributed by atoms with Crippen LogP contribution in [0.3, 0.4) is 0 Å². The molecule has 0 amide bonds. The zero-order chi connectivity index (χ0) is 34.4. The molecule has 0 aromatic heterocycles. The van der Waals surface area contributed by atoms with E-state index in [2.05, 4.69) is 206 Å². The van der Waals surface area contributed by atoms with Crippen molar-refractivity contribution in [2.75, 3.05) is 0 Å². The van der Waals surface area contributed by atoms with Gasteiger partial charge in [0.05, 0.1) is 0 Å². The second-order valence-electron chi connectivity index (χ2n) is 13.6. The zero-order valence-corrected chi connectivity index (χ0v) is 28.6. The van der Waals surface area contributed by atoms with Gasteiger partial charge in [0, 0.05) is 0 Å². The first-order valence-electron chi connectivity index (χ1n) is 18.0. The molecule has 0 fully saturated rings. The lowest BCUT2D eigenvalue weighted by Gasteiger charge is -2.21. The monoisotopic (exact) mass is 658 g/mol. The van der Waals surface area contributed by atoms with Gasteiger partial charge >= 0.3 is 0 Å². The van der Waals surface area contributed by atoms with Crippen LogP contribution in [0.1, 0.15) is 0 Å². The van der Waals surface area contributed by atoms with E-state index in [1.54, 1.807) is 0 Å². The van der Waals surface area contributed by atoms with Crippen molar-refractivity contribution < 1.29 is 0 Å². The Morgan fingerprint density at radius 3 is 1.23 bits per heavy atom. The summed E-state index contributed by atoms with van der Waals surface area (Å²) in [4.78, 5) is 0. The molecule has 0 bridgehead atoms. The van der Waals surface area contributed by atoms with Crippen LogP contribution in [0.15, 0.2) is 206 Å². The SMILES string of the molecule is c1ccc(-c2cccc3c(-c4c5ccccc5c(-c5ccc(-c6cccc7ccccc67)cc5)c5ccccc45)ccc(-c4ccccc4)c23)cc1. The molecule has 10 aromatic rings. The fourth-order valence-corrected chi connectivity index (χ4v) is 8.36. The number of hydrogen-bond acceptors (Lipinski definition) is 0. The maximum Gasteiger partial charge on any atom is -0.00201 e. The highest BCUT2D eigenvalue weighted by atomic mass is 14.2. The van der Waals surface area contributed by atoms with Gasteiger partial charge in [0.2, 0.25) is 0 Å². The molecule has 242 valence electrons. The van der Waals surface area contributed by atoms with E-state index < -0.39 is 0 Å². The van der Waals surface area contributed by atoms with Gasteiger partial charge in [-0.3, -0.25) is 0 Å². The minimum atomic E-state index is 1.22. The Hall–Kier alpha value is -6.76. The molecule has 0 aliphatic rings. The molecule has 0 heterocycles. The van der Waals surface area contributed by atoms with Gasteiger partial charge in [0.25, 0.3) is 0 Å². The van der Waals surface area contributed by atoms with Crippen LogP contribution in [0.25, 0.3) is 98.7 Å². The van der Waals surface area contributed by atoms with Crippen molar-refractivity contribution in [1.29, 1.82) is 0 Å². The number of fused-ring (bicyclic) bond motifs is 4. The van der Waals surface area contributed by atoms with E-state index in [0.717, 1.165) is 0 Å². The summed E-state index contributed by atoms with van der Waals surface area (Å²) in [5.74, 6) is 0. The molecular formula is C52H34. The van der Waals surface area contributed by atoms with Gasteiger partial charge in [-0.1, -0.05) is 206 Å². The van der Waals surface area contributed by atoms with Crippen LogP contribution in [-0.2, 0) is 0 Å². The minimum absolute atomic E-state index is 1.22. The van der Waals surface area contributed by atoms with Crippen LogP contribution in [-0.4, -0.2) is 0 Å². The minimum Gasteiger partial charge on any atom is -0.0622 e. The quantitative estimate of drug-likeness (QED) is 0.161. The van der Waals surface area contributed by atoms with E-state index >= 15 is 0 Å². The van der Waals surface area contributed by atoms with Crippen molar-refractivity contribution in [3.63, 3.8) is 0 Å². The largest absolute Gasteiger partial charge is 0.0622 e. The Labute approximate surface area is 303 Å². The van der Waals surface area contributed by atoms with E-state index in [1.807, 2.05) is 0 Å². The molecule has 0 nitrogen and oxygen atoms in total. The topological polar surface area (TPSA) is 0 Å².